The Morgan fingerprint density at radius 2 is 1.85 bits per heavy atom. The summed E-state index contributed by atoms with van der Waals surface area (Å²) in [4.78, 5) is 30.3. The van der Waals surface area contributed by atoms with Crippen LogP contribution in [0.15, 0.2) is 29.1 Å². The Morgan fingerprint density at radius 1 is 1.12 bits per heavy atom. The third kappa shape index (κ3) is 3.78. The number of hydrogen-bond donors (Lipinski definition) is 2. The Bertz CT molecular complexity index is 1220. The van der Waals surface area contributed by atoms with E-state index in [9.17, 15) is 18.0 Å². The molecule has 2 N–H and O–H groups in total. The smallest absolute Gasteiger partial charge is 0.306 e. The minimum Gasteiger partial charge on any atom is -0.306 e. The topological polar surface area (TPSA) is 104 Å². The van der Waals surface area contributed by atoms with Gasteiger partial charge in [-0.25, -0.2) is 17.9 Å². The summed E-state index contributed by atoms with van der Waals surface area (Å²) in [5.41, 5.74) is 0.749. The number of imidazole rings is 1. The summed E-state index contributed by atoms with van der Waals surface area (Å²) >= 11 is 0. The van der Waals surface area contributed by atoms with E-state index < -0.39 is 15.4 Å². The molecule has 5 rings (SSSR count). The number of H-pyrrole nitrogens is 1. The van der Waals surface area contributed by atoms with Crippen LogP contribution in [-0.4, -0.2) is 60.6 Å². The highest BCUT2D eigenvalue weighted by atomic mass is 32.2. The quantitative estimate of drug-likeness (QED) is 0.641. The molecule has 8 nitrogen and oxygen atoms in total. The number of ketones is 1. The first-order valence-electron chi connectivity index (χ1n) is 12.1. The van der Waals surface area contributed by atoms with Gasteiger partial charge in [0.2, 0.25) is 10.0 Å². The maximum absolute atomic E-state index is 12.9. The summed E-state index contributed by atoms with van der Waals surface area (Å²) in [6, 6.07) is 7.89. The lowest BCUT2D eigenvalue weighted by molar-refractivity contribution is -0.128. The van der Waals surface area contributed by atoms with Crippen LogP contribution in [0.5, 0.6) is 0 Å². The first-order valence-corrected chi connectivity index (χ1v) is 13.7. The fourth-order valence-electron chi connectivity index (χ4n) is 6.68. The van der Waals surface area contributed by atoms with E-state index in [1.165, 1.54) is 0 Å². The maximum atomic E-state index is 12.9. The number of nitrogens with one attached hydrogen (secondary N) is 2. The summed E-state index contributed by atoms with van der Waals surface area (Å²) in [7, 11) is -3.54. The van der Waals surface area contributed by atoms with Crippen LogP contribution >= 0.6 is 0 Å². The van der Waals surface area contributed by atoms with Gasteiger partial charge in [0.05, 0.1) is 16.8 Å². The fourth-order valence-corrected chi connectivity index (χ4v) is 8.51. The van der Waals surface area contributed by atoms with Crippen LogP contribution in [0.3, 0.4) is 0 Å². The third-order valence-corrected chi connectivity index (χ3v) is 10.4. The molecule has 2 aromatic rings. The highest BCUT2D eigenvalue weighted by Gasteiger charge is 2.65. The van der Waals surface area contributed by atoms with Crippen LogP contribution in [0.1, 0.15) is 52.0 Å². The molecule has 2 heterocycles. The molecule has 2 saturated carbocycles. The Morgan fingerprint density at radius 3 is 2.52 bits per heavy atom. The van der Waals surface area contributed by atoms with Gasteiger partial charge in [-0.15, -0.1) is 0 Å². The van der Waals surface area contributed by atoms with Gasteiger partial charge in [0.25, 0.3) is 0 Å². The van der Waals surface area contributed by atoms with Gasteiger partial charge in [-0.05, 0) is 49.1 Å². The van der Waals surface area contributed by atoms with E-state index >= 15 is 0 Å². The summed E-state index contributed by atoms with van der Waals surface area (Å²) in [5, 5.41) is 0. The molecule has 0 radical (unpaired) electrons. The average molecular weight is 475 g/mol. The molecule has 0 unspecified atom stereocenters. The molecule has 1 saturated heterocycles. The van der Waals surface area contributed by atoms with Crippen molar-refractivity contribution in [3.05, 3.63) is 34.7 Å². The number of carbonyl (C=O) groups excluding carboxylic acids is 1. The monoisotopic (exact) mass is 474 g/mol. The normalized spacial score (nSPS) is 28.2. The molecule has 2 atom stereocenters. The molecule has 2 aliphatic carbocycles. The molecule has 180 valence electrons. The van der Waals surface area contributed by atoms with Crippen molar-refractivity contribution in [2.75, 3.05) is 31.9 Å². The molecule has 3 fully saturated rings. The number of hydrogen-bond acceptors (Lipinski definition) is 5. The molecule has 0 spiro atoms. The van der Waals surface area contributed by atoms with Gasteiger partial charge in [-0.1, -0.05) is 26.0 Å². The second kappa shape index (κ2) is 8.06. The van der Waals surface area contributed by atoms with Crippen molar-refractivity contribution >= 4 is 26.8 Å². The summed E-state index contributed by atoms with van der Waals surface area (Å²) < 4.78 is 30.4. The van der Waals surface area contributed by atoms with Crippen LogP contribution in [0, 0.1) is 16.7 Å². The molecule has 3 aliphatic rings. The molecule has 1 aliphatic heterocycles. The number of likely N-dealkylation sites (tertiary alicyclic amines) is 1. The van der Waals surface area contributed by atoms with Gasteiger partial charge in [-0.2, -0.15) is 0 Å². The van der Waals surface area contributed by atoms with Crippen LogP contribution in [0.2, 0.25) is 0 Å². The van der Waals surface area contributed by atoms with E-state index in [2.05, 4.69) is 28.5 Å². The lowest BCUT2D eigenvalue weighted by atomic mass is 9.70. The number of fused-ring (bicyclic) bond motifs is 3. The molecule has 2 bridgehead atoms. The number of aromatic nitrogens is 2. The van der Waals surface area contributed by atoms with Crippen LogP contribution in [-0.2, 0) is 14.8 Å². The predicted molar refractivity (Wildman–Crippen MR) is 128 cm³/mol. The number of para-hydroxylation sites is 2. The van der Waals surface area contributed by atoms with E-state index in [4.69, 9.17) is 0 Å². The number of nitrogens with zero attached hydrogens (tertiary/aromatic N) is 2. The molecule has 0 amide bonds. The van der Waals surface area contributed by atoms with E-state index in [0.717, 1.165) is 43.4 Å². The van der Waals surface area contributed by atoms with Gasteiger partial charge in [-0.3, -0.25) is 9.36 Å². The average Bonchev–Trinajstić information content (AvgIpc) is 3.28. The zero-order valence-corrected chi connectivity index (χ0v) is 20.3. The first-order chi connectivity index (χ1) is 15.6. The number of sulfonamides is 1. The van der Waals surface area contributed by atoms with Crippen LogP contribution < -0.4 is 10.4 Å². The summed E-state index contributed by atoms with van der Waals surface area (Å²) in [6.45, 7) is 6.73. The zero-order valence-electron chi connectivity index (χ0n) is 19.5. The lowest BCUT2D eigenvalue weighted by Gasteiger charge is -2.36. The highest BCUT2D eigenvalue weighted by molar-refractivity contribution is 7.89. The molecule has 33 heavy (non-hydrogen) atoms. The predicted octanol–water partition coefficient (Wildman–Crippen LogP) is 2.28. The number of aromatic amines is 1. The number of Topliss-reactive ketones (excluding diaryl/α,β-unsaturated/α-hetero) is 1. The van der Waals surface area contributed by atoms with Crippen molar-refractivity contribution in [1.82, 2.24) is 19.2 Å². The Kier molecular flexibility index (Phi) is 5.57. The summed E-state index contributed by atoms with van der Waals surface area (Å²) in [5.74, 6) is 0.350. The second-order valence-electron chi connectivity index (χ2n) is 10.7. The SMILES string of the molecule is CC1(C)[C@H]2CC[C@]1(CS(=O)(=O)NCCN1CCC(n3c(=O)[nH]c4ccccc43)CC1)C(=O)C2. The fraction of sp³-hybridized carbons (Fsp3) is 0.667. The third-order valence-electron chi connectivity index (χ3n) is 8.87. The Hall–Kier alpha value is -1.97. The van der Waals surface area contributed by atoms with E-state index in [0.29, 0.717) is 31.8 Å². The van der Waals surface area contributed by atoms with Gasteiger partial charge < -0.3 is 9.88 Å². The standard InChI is InChI=1S/C24H34N4O4S/c1-23(2)17-7-10-24(23,21(29)15-17)16-33(31,32)25-11-14-27-12-8-18(9-13-27)28-20-6-4-3-5-19(20)26-22(28)30/h3-6,17-18,25H,7-16H2,1-2H3,(H,26,30)/t17-,24-/m0/s1. The van der Waals surface area contributed by atoms with E-state index in [1.807, 2.05) is 28.8 Å². The number of piperidine rings is 1. The minimum absolute atomic E-state index is 0.0691. The Labute approximate surface area is 194 Å². The van der Waals surface area contributed by atoms with Crippen LogP contribution in [0.4, 0.5) is 0 Å². The van der Waals surface area contributed by atoms with Crippen molar-refractivity contribution < 1.29 is 13.2 Å². The van der Waals surface area contributed by atoms with Crippen molar-refractivity contribution in [1.29, 1.82) is 0 Å². The molecule has 9 heteroatoms. The van der Waals surface area contributed by atoms with Gasteiger partial charge in [0.15, 0.2) is 0 Å². The second-order valence-corrected chi connectivity index (χ2v) is 12.5. The van der Waals surface area contributed by atoms with Crippen molar-refractivity contribution in [2.45, 2.75) is 52.0 Å². The molecule has 1 aromatic heterocycles. The molecular weight excluding hydrogens is 440 g/mol. The van der Waals surface area contributed by atoms with Gasteiger partial charge in [0, 0.05) is 44.1 Å². The minimum atomic E-state index is -3.54. The van der Waals surface area contributed by atoms with Gasteiger partial charge in [0.1, 0.15) is 5.78 Å². The number of rotatable bonds is 7. The molecule has 1 aromatic carbocycles. The maximum Gasteiger partial charge on any atom is 0.326 e. The van der Waals surface area contributed by atoms with Crippen LogP contribution in [0.25, 0.3) is 11.0 Å². The summed E-state index contributed by atoms with van der Waals surface area (Å²) in [6.07, 6.45) is 3.86. The van der Waals surface area contributed by atoms with E-state index in [-0.39, 0.29) is 28.7 Å². The molecular formula is C24H34N4O4S. The number of carbonyl (C=O) groups is 1. The first kappa shape index (κ1) is 22.8. The largest absolute Gasteiger partial charge is 0.326 e. The number of benzene rings is 1. The van der Waals surface area contributed by atoms with Crippen molar-refractivity contribution in [3.63, 3.8) is 0 Å². The van der Waals surface area contributed by atoms with E-state index in [1.54, 1.807) is 0 Å². The van der Waals surface area contributed by atoms with Crippen molar-refractivity contribution in [3.8, 4) is 0 Å². The van der Waals surface area contributed by atoms with Gasteiger partial charge >= 0.3 is 5.69 Å². The zero-order chi connectivity index (χ0) is 23.4. The lowest BCUT2D eigenvalue weighted by Crippen LogP contribution is -2.47. The van der Waals surface area contributed by atoms with Crippen molar-refractivity contribution in [2.24, 2.45) is 16.7 Å². The highest BCUT2D eigenvalue weighted by Crippen LogP contribution is 2.64. The Balaban J connectivity index is 1.15.